The number of benzene rings is 3. The lowest BCUT2D eigenvalue weighted by molar-refractivity contribution is -0.0592. The molecule has 1 saturated heterocycles. The molecular formula is C33H36ClN3O4. The third-order valence-corrected chi connectivity index (χ3v) is 7.83. The van der Waals surface area contributed by atoms with Crippen LogP contribution in [0, 0.1) is 0 Å². The Bertz CT molecular complexity index is 1550. The fraction of sp³-hybridized carbons (Fsp3) is 0.394. The van der Waals surface area contributed by atoms with Gasteiger partial charge in [-0.05, 0) is 101 Å². The molecule has 7 nitrogen and oxygen atoms in total. The predicted octanol–water partition coefficient (Wildman–Crippen LogP) is 7.17. The van der Waals surface area contributed by atoms with Gasteiger partial charge in [0.2, 0.25) is 0 Å². The molecule has 3 heterocycles. The molecule has 8 heteroatoms. The topological polar surface area (TPSA) is 65.8 Å². The third-order valence-electron chi connectivity index (χ3n) is 7.58. The monoisotopic (exact) mass is 573 g/mol. The lowest BCUT2D eigenvalue weighted by atomic mass is 10.0. The minimum absolute atomic E-state index is 0.153. The first-order valence-corrected chi connectivity index (χ1v) is 14.7. The van der Waals surface area contributed by atoms with Gasteiger partial charge in [0.15, 0.2) is 0 Å². The zero-order chi connectivity index (χ0) is 28.6. The Balaban J connectivity index is 1.29. The van der Waals surface area contributed by atoms with Crippen LogP contribution >= 0.6 is 11.6 Å². The number of carbonyl (C=O) groups is 1. The van der Waals surface area contributed by atoms with E-state index in [0.29, 0.717) is 23.7 Å². The minimum Gasteiger partial charge on any atom is -0.457 e. The second-order valence-electron chi connectivity index (χ2n) is 11.9. The molecule has 6 rings (SSSR count). The van der Waals surface area contributed by atoms with Crippen molar-refractivity contribution in [2.45, 2.75) is 71.4 Å². The van der Waals surface area contributed by atoms with Crippen molar-refractivity contribution in [2.75, 3.05) is 13.2 Å². The molecule has 0 aliphatic carbocycles. The fourth-order valence-corrected chi connectivity index (χ4v) is 5.60. The van der Waals surface area contributed by atoms with Crippen LogP contribution in [0.15, 0.2) is 60.7 Å². The SMILES string of the molecule is CC(C)(C)OC(=O)c1ccc2nc(CN3CCCc4cccc(Oc5ccc(Cl)cc5)c4C3)n(C[C@@H]3CCO3)c2c1. The number of aromatic nitrogens is 2. The molecule has 1 fully saturated rings. The quantitative estimate of drug-likeness (QED) is 0.218. The molecule has 1 aromatic heterocycles. The van der Waals surface area contributed by atoms with Crippen molar-refractivity contribution in [3.63, 3.8) is 0 Å². The number of fused-ring (bicyclic) bond motifs is 2. The standard InChI is InChI=1S/C33H36ClN3O4/c1-33(2,3)41-32(38)23-9-14-28-29(18-23)37(19-26-15-17-39-26)31(35-28)21-36-16-5-7-22-6-4-8-30(27(22)20-36)40-25-12-10-24(34)11-13-25/h4,6,8-14,18,26H,5,7,15-17,19-21H2,1-3H3/t26-/m0/s1. The van der Waals surface area contributed by atoms with E-state index in [4.69, 9.17) is 30.8 Å². The van der Waals surface area contributed by atoms with Crippen molar-refractivity contribution in [3.8, 4) is 11.5 Å². The Labute approximate surface area is 246 Å². The Hall–Kier alpha value is -3.39. The zero-order valence-corrected chi connectivity index (χ0v) is 24.6. The Morgan fingerprint density at radius 3 is 2.66 bits per heavy atom. The summed E-state index contributed by atoms with van der Waals surface area (Å²) in [7, 11) is 0. The number of hydrogen-bond donors (Lipinski definition) is 0. The van der Waals surface area contributed by atoms with E-state index < -0.39 is 5.60 Å². The van der Waals surface area contributed by atoms with Crippen molar-refractivity contribution < 1.29 is 19.0 Å². The number of carbonyl (C=O) groups excluding carboxylic acids is 1. The van der Waals surface area contributed by atoms with Gasteiger partial charge in [-0.3, -0.25) is 4.90 Å². The van der Waals surface area contributed by atoms with Crippen molar-refractivity contribution in [1.82, 2.24) is 14.5 Å². The van der Waals surface area contributed by atoms with E-state index in [9.17, 15) is 4.79 Å². The molecular weight excluding hydrogens is 538 g/mol. The average molecular weight is 574 g/mol. The summed E-state index contributed by atoms with van der Waals surface area (Å²) in [5.41, 5.74) is 4.29. The van der Waals surface area contributed by atoms with Gasteiger partial charge in [0.1, 0.15) is 22.9 Å². The highest BCUT2D eigenvalue weighted by Gasteiger charge is 2.26. The molecule has 0 unspecified atom stereocenters. The number of hydrogen-bond acceptors (Lipinski definition) is 6. The number of nitrogens with zero attached hydrogens (tertiary/aromatic N) is 3. The van der Waals surface area contributed by atoms with Crippen molar-refractivity contribution in [2.24, 2.45) is 0 Å². The normalized spacial score (nSPS) is 17.5. The van der Waals surface area contributed by atoms with Crippen LogP contribution in [0.3, 0.4) is 0 Å². The summed E-state index contributed by atoms with van der Waals surface area (Å²) in [6, 6.07) is 19.4. The Morgan fingerprint density at radius 2 is 1.93 bits per heavy atom. The molecule has 2 aliphatic rings. The minimum atomic E-state index is -0.559. The van der Waals surface area contributed by atoms with Crippen LogP contribution in [0.4, 0.5) is 0 Å². The molecule has 3 aromatic carbocycles. The zero-order valence-electron chi connectivity index (χ0n) is 23.9. The van der Waals surface area contributed by atoms with Gasteiger partial charge in [-0.2, -0.15) is 0 Å². The highest BCUT2D eigenvalue weighted by Crippen LogP contribution is 2.33. The highest BCUT2D eigenvalue weighted by molar-refractivity contribution is 6.30. The van der Waals surface area contributed by atoms with Crippen molar-refractivity contribution >= 4 is 28.6 Å². The van der Waals surface area contributed by atoms with Crippen LogP contribution in [0.25, 0.3) is 11.0 Å². The summed E-state index contributed by atoms with van der Waals surface area (Å²) in [5, 5.41) is 0.684. The second kappa shape index (κ2) is 11.5. The number of halogens is 1. The average Bonchev–Trinajstić information content (AvgIpc) is 3.08. The summed E-state index contributed by atoms with van der Waals surface area (Å²) in [6.45, 7) is 9.51. The molecule has 0 saturated carbocycles. The van der Waals surface area contributed by atoms with E-state index in [2.05, 4.69) is 21.6 Å². The largest absolute Gasteiger partial charge is 0.457 e. The van der Waals surface area contributed by atoms with Gasteiger partial charge in [-0.25, -0.2) is 9.78 Å². The number of rotatable bonds is 7. The van der Waals surface area contributed by atoms with E-state index >= 15 is 0 Å². The molecule has 0 radical (unpaired) electrons. The summed E-state index contributed by atoms with van der Waals surface area (Å²) in [6.07, 6.45) is 3.22. The lowest BCUT2D eigenvalue weighted by Crippen LogP contribution is -2.33. The first-order valence-electron chi connectivity index (χ1n) is 14.3. The third kappa shape index (κ3) is 6.43. The van der Waals surface area contributed by atoms with Gasteiger partial charge in [0.25, 0.3) is 0 Å². The molecule has 0 bridgehead atoms. The molecule has 2 aliphatic heterocycles. The fourth-order valence-electron chi connectivity index (χ4n) is 5.47. The van der Waals surface area contributed by atoms with Gasteiger partial charge < -0.3 is 18.8 Å². The number of aryl methyl sites for hydroxylation is 1. The van der Waals surface area contributed by atoms with E-state index in [-0.39, 0.29) is 12.1 Å². The first-order chi connectivity index (χ1) is 19.7. The van der Waals surface area contributed by atoms with Gasteiger partial charge in [-0.15, -0.1) is 0 Å². The predicted molar refractivity (Wildman–Crippen MR) is 160 cm³/mol. The molecule has 0 spiro atoms. The summed E-state index contributed by atoms with van der Waals surface area (Å²) >= 11 is 6.08. The van der Waals surface area contributed by atoms with Gasteiger partial charge in [-0.1, -0.05) is 23.7 Å². The lowest BCUT2D eigenvalue weighted by Gasteiger charge is -2.28. The second-order valence-corrected chi connectivity index (χ2v) is 12.3. The van der Waals surface area contributed by atoms with E-state index in [0.717, 1.165) is 67.3 Å². The van der Waals surface area contributed by atoms with Crippen LogP contribution < -0.4 is 4.74 Å². The molecule has 214 valence electrons. The molecule has 0 N–H and O–H groups in total. The Kier molecular flexibility index (Phi) is 7.77. The molecule has 1 atom stereocenters. The van der Waals surface area contributed by atoms with Crippen LogP contribution in [0.1, 0.15) is 60.9 Å². The summed E-state index contributed by atoms with van der Waals surface area (Å²) in [4.78, 5) is 20.3. The van der Waals surface area contributed by atoms with Crippen LogP contribution in [-0.4, -0.2) is 45.3 Å². The van der Waals surface area contributed by atoms with E-state index in [1.807, 2.05) is 63.2 Å². The van der Waals surface area contributed by atoms with Crippen molar-refractivity contribution in [1.29, 1.82) is 0 Å². The Morgan fingerprint density at radius 1 is 1.12 bits per heavy atom. The summed E-state index contributed by atoms with van der Waals surface area (Å²) < 4.78 is 20.0. The molecule has 0 amide bonds. The van der Waals surface area contributed by atoms with Crippen molar-refractivity contribution in [3.05, 3.63) is 88.2 Å². The number of ether oxygens (including phenoxy) is 3. The number of esters is 1. The number of imidazole rings is 1. The smallest absolute Gasteiger partial charge is 0.338 e. The van der Waals surface area contributed by atoms with Crippen LogP contribution in [0.5, 0.6) is 11.5 Å². The van der Waals surface area contributed by atoms with Gasteiger partial charge in [0, 0.05) is 23.7 Å². The highest BCUT2D eigenvalue weighted by atomic mass is 35.5. The van der Waals surface area contributed by atoms with Crippen LogP contribution in [-0.2, 0) is 35.5 Å². The maximum Gasteiger partial charge on any atom is 0.338 e. The van der Waals surface area contributed by atoms with E-state index in [1.54, 1.807) is 6.07 Å². The van der Waals surface area contributed by atoms with Crippen LogP contribution in [0.2, 0.25) is 5.02 Å². The maximum atomic E-state index is 12.9. The van der Waals surface area contributed by atoms with Gasteiger partial charge in [0.05, 0.1) is 35.8 Å². The maximum absolute atomic E-state index is 12.9. The van der Waals surface area contributed by atoms with E-state index in [1.165, 1.54) is 11.1 Å². The molecule has 41 heavy (non-hydrogen) atoms. The van der Waals surface area contributed by atoms with Gasteiger partial charge >= 0.3 is 5.97 Å². The molecule has 4 aromatic rings. The summed E-state index contributed by atoms with van der Waals surface area (Å²) in [5.74, 6) is 2.28. The first kappa shape index (κ1) is 27.8.